The summed E-state index contributed by atoms with van der Waals surface area (Å²) in [4.78, 5) is 10.8. The molecule has 2 heterocycles. The first-order chi connectivity index (χ1) is 33.6. The first kappa shape index (κ1) is 51.8. The van der Waals surface area contributed by atoms with Crippen LogP contribution < -0.4 is 0 Å². The van der Waals surface area contributed by atoms with Crippen LogP contribution in [0.3, 0.4) is 0 Å². The summed E-state index contributed by atoms with van der Waals surface area (Å²) >= 11 is 0. The Morgan fingerprint density at radius 1 is 0.507 bits per heavy atom. The minimum Gasteiger partial charge on any atom is -0.507 e. The molecule has 0 aliphatic heterocycles. The fourth-order valence-electron chi connectivity index (χ4n) is 10.9. The van der Waals surface area contributed by atoms with Crippen LogP contribution in [0.1, 0.15) is 144 Å². The van der Waals surface area contributed by atoms with Crippen molar-refractivity contribution < 1.29 is 26.2 Å². The van der Waals surface area contributed by atoms with Crippen LogP contribution in [0.4, 0.5) is 0 Å². The van der Waals surface area contributed by atoms with E-state index in [0.29, 0.717) is 11.4 Å². The van der Waals surface area contributed by atoms with E-state index >= 15 is 0 Å². The summed E-state index contributed by atoms with van der Waals surface area (Å²) in [7, 11) is 0. The number of hydrogen-bond donors (Lipinski definition) is 1. The second-order valence-corrected chi connectivity index (χ2v) is 25.8. The summed E-state index contributed by atoms with van der Waals surface area (Å²) in [5.41, 5.74) is 18.1. The molecular formula is C68H72N3OPt-. The monoisotopic (exact) mass is 1140 g/mol. The van der Waals surface area contributed by atoms with Gasteiger partial charge >= 0.3 is 0 Å². The standard InChI is InChI=1S/C68H72N3O.Pt/c1-63(2,3)47-28-29-57(51(38-47)41-22-18-17-19-23-41)71-58-27-21-25-50(60(58)70-62(71)52-39-49(65(7,8)9)40-55(61(52)72)66(10,11)12)45-33-46(35-48(34-45)64(4,5)6)56-37-42(30-31-69-56)44-32-43-24-20-26-53-59(43)54(36-44)68(15,16)67(53,13)14;/h17-32,34-40,72H,1-16H3;/q-1;. The Kier molecular flexibility index (Phi) is 12.6. The average Bonchev–Trinajstić information content (AvgIpc) is 3.77. The third-order valence-electron chi connectivity index (χ3n) is 16.2. The third kappa shape index (κ3) is 8.90. The van der Waals surface area contributed by atoms with Crippen LogP contribution in [0.15, 0.2) is 140 Å². The number of aromatic hydroxyl groups is 1. The summed E-state index contributed by atoms with van der Waals surface area (Å²) in [5, 5.41) is 15.3. The van der Waals surface area contributed by atoms with E-state index in [2.05, 4.69) is 255 Å². The molecule has 0 spiro atoms. The van der Waals surface area contributed by atoms with Crippen molar-refractivity contribution >= 4 is 21.8 Å². The zero-order valence-corrected chi connectivity index (χ0v) is 48.2. The van der Waals surface area contributed by atoms with E-state index in [1.165, 1.54) is 38.6 Å². The first-order valence-electron chi connectivity index (χ1n) is 25.9. The van der Waals surface area contributed by atoms with Crippen molar-refractivity contribution in [3.05, 3.63) is 179 Å². The molecule has 9 aromatic rings. The molecule has 376 valence electrons. The van der Waals surface area contributed by atoms with Gasteiger partial charge in [0.05, 0.1) is 22.3 Å². The SMILES string of the molecule is CC(C)(C)c1cc(-c2cc(-c3cc4c5c(cccc5c3)C(C)(C)C4(C)C)ccn2)[c-]c(-c2cccc3c2nc(-c2cc(C(C)(C)C)cc(C(C)(C)C)c2O)n3-c2ccc(C(C)(C)C)cc2-c2ccccc2)c1.[Pt]. The minimum atomic E-state index is -0.335. The number of phenolic OH excluding ortho intramolecular Hbond substituents is 1. The summed E-state index contributed by atoms with van der Waals surface area (Å²) in [6.07, 6.45) is 1.95. The quantitative estimate of drug-likeness (QED) is 0.169. The number of aromatic nitrogens is 3. The molecule has 1 N–H and O–H groups in total. The fourth-order valence-corrected chi connectivity index (χ4v) is 10.9. The average molecular weight is 1140 g/mol. The van der Waals surface area contributed by atoms with Gasteiger partial charge in [-0.15, -0.1) is 29.3 Å². The van der Waals surface area contributed by atoms with Gasteiger partial charge in [0, 0.05) is 44.1 Å². The van der Waals surface area contributed by atoms with Crippen molar-refractivity contribution in [2.45, 2.75) is 143 Å². The largest absolute Gasteiger partial charge is 0.507 e. The fraction of sp³-hybridized carbons (Fsp3) is 0.324. The van der Waals surface area contributed by atoms with E-state index in [0.717, 1.165) is 66.9 Å². The molecular weight excluding hydrogens is 1070 g/mol. The molecule has 4 nitrogen and oxygen atoms in total. The molecule has 0 radical (unpaired) electrons. The third-order valence-corrected chi connectivity index (χ3v) is 16.2. The van der Waals surface area contributed by atoms with Gasteiger partial charge in [0.1, 0.15) is 11.6 Å². The molecule has 0 amide bonds. The number of fused-ring (bicyclic) bond motifs is 1. The molecule has 0 atom stereocenters. The van der Waals surface area contributed by atoms with Crippen molar-refractivity contribution in [1.29, 1.82) is 0 Å². The summed E-state index contributed by atoms with van der Waals surface area (Å²) in [6, 6.07) is 52.8. The Hall–Kier alpha value is -6.09. The predicted octanol–water partition coefficient (Wildman–Crippen LogP) is 18.2. The van der Waals surface area contributed by atoms with Crippen LogP contribution in [0.25, 0.3) is 83.5 Å². The Morgan fingerprint density at radius 2 is 1.14 bits per heavy atom. The van der Waals surface area contributed by atoms with E-state index in [4.69, 9.17) is 9.97 Å². The molecule has 0 saturated carbocycles. The van der Waals surface area contributed by atoms with Gasteiger partial charge in [-0.3, -0.25) is 9.55 Å². The molecule has 10 rings (SSSR count). The van der Waals surface area contributed by atoms with Crippen LogP contribution in [0, 0.1) is 6.07 Å². The molecule has 0 fully saturated rings. The van der Waals surface area contributed by atoms with E-state index in [-0.39, 0.29) is 59.3 Å². The van der Waals surface area contributed by atoms with Gasteiger partial charge in [0.15, 0.2) is 0 Å². The maximum atomic E-state index is 12.6. The topological polar surface area (TPSA) is 50.9 Å². The molecule has 1 aliphatic rings. The van der Waals surface area contributed by atoms with E-state index in [9.17, 15) is 5.11 Å². The molecule has 0 saturated heterocycles. The Balaban J connectivity index is 0.00000656. The van der Waals surface area contributed by atoms with Gasteiger partial charge in [0.25, 0.3) is 0 Å². The zero-order chi connectivity index (χ0) is 51.7. The van der Waals surface area contributed by atoms with Crippen LogP contribution >= 0.6 is 0 Å². The van der Waals surface area contributed by atoms with Crippen LogP contribution in [-0.2, 0) is 53.6 Å². The number of imidazole rings is 1. The summed E-state index contributed by atoms with van der Waals surface area (Å²) in [5.74, 6) is 0.940. The van der Waals surface area contributed by atoms with E-state index < -0.39 is 0 Å². The first-order valence-corrected chi connectivity index (χ1v) is 25.9. The van der Waals surface area contributed by atoms with Crippen LogP contribution in [-0.4, -0.2) is 19.6 Å². The molecule has 2 aromatic heterocycles. The Labute approximate surface area is 449 Å². The van der Waals surface area contributed by atoms with Crippen molar-refractivity contribution in [3.8, 4) is 67.5 Å². The van der Waals surface area contributed by atoms with E-state index in [1.807, 2.05) is 6.20 Å². The maximum absolute atomic E-state index is 12.6. The predicted molar refractivity (Wildman–Crippen MR) is 305 cm³/mol. The van der Waals surface area contributed by atoms with Crippen molar-refractivity contribution in [1.82, 2.24) is 14.5 Å². The van der Waals surface area contributed by atoms with Gasteiger partial charge in [-0.25, -0.2) is 4.98 Å². The molecule has 73 heavy (non-hydrogen) atoms. The number of para-hydroxylation sites is 1. The van der Waals surface area contributed by atoms with Gasteiger partial charge in [-0.1, -0.05) is 201 Å². The Bertz CT molecular complexity index is 3620. The number of nitrogens with zero attached hydrogens (tertiary/aromatic N) is 3. The van der Waals surface area contributed by atoms with Gasteiger partial charge in [-0.2, -0.15) is 0 Å². The molecule has 0 bridgehead atoms. The van der Waals surface area contributed by atoms with Crippen molar-refractivity contribution in [3.63, 3.8) is 0 Å². The maximum Gasteiger partial charge on any atom is 0.148 e. The minimum absolute atomic E-state index is 0. The van der Waals surface area contributed by atoms with Crippen LogP contribution in [0.2, 0.25) is 0 Å². The number of rotatable bonds is 6. The second-order valence-electron chi connectivity index (χ2n) is 25.8. The molecule has 5 heteroatoms. The van der Waals surface area contributed by atoms with Gasteiger partial charge in [-0.05, 0) is 125 Å². The Morgan fingerprint density at radius 3 is 1.81 bits per heavy atom. The molecule has 1 aliphatic carbocycles. The number of hydrogen-bond acceptors (Lipinski definition) is 3. The number of phenols is 1. The molecule has 7 aromatic carbocycles. The van der Waals surface area contributed by atoms with Crippen molar-refractivity contribution in [2.24, 2.45) is 0 Å². The zero-order valence-electron chi connectivity index (χ0n) is 45.9. The van der Waals surface area contributed by atoms with E-state index in [1.54, 1.807) is 0 Å². The smallest absolute Gasteiger partial charge is 0.148 e. The van der Waals surface area contributed by atoms with Crippen molar-refractivity contribution in [2.75, 3.05) is 0 Å². The van der Waals surface area contributed by atoms with Crippen LogP contribution in [0.5, 0.6) is 5.75 Å². The number of pyridine rings is 1. The molecule has 0 unspecified atom stereocenters. The summed E-state index contributed by atoms with van der Waals surface area (Å²) < 4.78 is 2.29. The van der Waals surface area contributed by atoms with Gasteiger partial charge < -0.3 is 5.11 Å². The second kappa shape index (κ2) is 17.8. The number of benzene rings is 7. The normalized spacial score (nSPS) is 14.5. The summed E-state index contributed by atoms with van der Waals surface area (Å²) in [6.45, 7) is 36.4. The van der Waals surface area contributed by atoms with Gasteiger partial charge in [0.2, 0.25) is 0 Å².